The largest absolute Gasteiger partial charge is 0.454 e. The number of hydrogen-bond acceptors (Lipinski definition) is 5. The Morgan fingerprint density at radius 1 is 1.05 bits per heavy atom. The van der Waals surface area contributed by atoms with Crippen molar-refractivity contribution in [2.45, 2.75) is 0 Å². The van der Waals surface area contributed by atoms with Crippen molar-refractivity contribution in [3.63, 3.8) is 0 Å². The lowest BCUT2D eigenvalue weighted by Gasteiger charge is -2.06. The molecule has 1 aliphatic heterocycles. The fraction of sp³-hybridized carbons (Fsp3) is 0.0625. The van der Waals surface area contributed by atoms with E-state index in [0.717, 1.165) is 5.52 Å². The van der Waals surface area contributed by atoms with Crippen molar-refractivity contribution >= 4 is 22.6 Å². The summed E-state index contributed by atoms with van der Waals surface area (Å²) in [7, 11) is 0. The molecule has 3 aromatic rings. The summed E-state index contributed by atoms with van der Waals surface area (Å²) in [6.07, 6.45) is 1.46. The van der Waals surface area contributed by atoms with Gasteiger partial charge in [-0.3, -0.25) is 9.78 Å². The lowest BCUT2D eigenvalue weighted by atomic mass is 10.2. The highest BCUT2D eigenvalue weighted by molar-refractivity contribution is 6.03. The summed E-state index contributed by atoms with van der Waals surface area (Å²) in [5, 5.41) is 2.78. The topological polar surface area (TPSA) is 73.3 Å². The minimum atomic E-state index is -0.322. The second-order valence-electron chi connectivity index (χ2n) is 4.77. The molecule has 2 aromatic carbocycles. The Kier molecular flexibility index (Phi) is 2.86. The Morgan fingerprint density at radius 3 is 2.77 bits per heavy atom. The second kappa shape index (κ2) is 5.00. The van der Waals surface area contributed by atoms with Crippen LogP contribution in [-0.2, 0) is 0 Å². The standard InChI is InChI=1S/C16H11N3O3/c20-16(13-8-17-11-3-1-2-4-12(11)19-13)18-10-5-6-14-15(7-10)22-9-21-14/h1-8H,9H2,(H,18,20). The first-order valence-corrected chi connectivity index (χ1v) is 6.72. The summed E-state index contributed by atoms with van der Waals surface area (Å²) in [6, 6.07) is 12.6. The van der Waals surface area contributed by atoms with E-state index in [4.69, 9.17) is 9.47 Å². The molecule has 0 saturated carbocycles. The number of hydrogen-bond donors (Lipinski definition) is 1. The van der Waals surface area contributed by atoms with Crippen molar-refractivity contribution in [1.29, 1.82) is 0 Å². The molecule has 0 fully saturated rings. The quantitative estimate of drug-likeness (QED) is 0.786. The fourth-order valence-electron chi connectivity index (χ4n) is 2.24. The number of carbonyl (C=O) groups is 1. The molecular formula is C16H11N3O3. The molecule has 0 spiro atoms. The van der Waals surface area contributed by atoms with Crippen LogP contribution in [0, 0.1) is 0 Å². The number of rotatable bonds is 2. The van der Waals surface area contributed by atoms with Gasteiger partial charge in [0, 0.05) is 11.8 Å². The Labute approximate surface area is 125 Å². The van der Waals surface area contributed by atoms with Crippen LogP contribution < -0.4 is 14.8 Å². The van der Waals surface area contributed by atoms with E-state index in [9.17, 15) is 4.79 Å². The van der Waals surface area contributed by atoms with Gasteiger partial charge in [-0.25, -0.2) is 4.98 Å². The van der Waals surface area contributed by atoms with Gasteiger partial charge in [0.1, 0.15) is 5.69 Å². The van der Waals surface area contributed by atoms with Gasteiger partial charge >= 0.3 is 0 Å². The van der Waals surface area contributed by atoms with Gasteiger partial charge in [0.25, 0.3) is 5.91 Å². The molecule has 6 nitrogen and oxygen atoms in total. The monoisotopic (exact) mass is 293 g/mol. The van der Waals surface area contributed by atoms with Crippen molar-refractivity contribution in [3.8, 4) is 11.5 Å². The zero-order chi connectivity index (χ0) is 14.9. The van der Waals surface area contributed by atoms with Gasteiger partial charge in [-0.05, 0) is 24.3 Å². The predicted molar refractivity (Wildman–Crippen MR) is 80.1 cm³/mol. The van der Waals surface area contributed by atoms with Crippen LogP contribution >= 0.6 is 0 Å². The molecule has 6 heteroatoms. The number of amides is 1. The van der Waals surface area contributed by atoms with Crippen molar-refractivity contribution in [2.75, 3.05) is 12.1 Å². The number of fused-ring (bicyclic) bond motifs is 2. The predicted octanol–water partition coefficient (Wildman–Crippen LogP) is 2.61. The van der Waals surface area contributed by atoms with E-state index >= 15 is 0 Å². The van der Waals surface area contributed by atoms with E-state index in [1.165, 1.54) is 6.20 Å². The molecule has 1 amide bonds. The summed E-state index contributed by atoms with van der Waals surface area (Å²) >= 11 is 0. The molecule has 4 rings (SSSR count). The lowest BCUT2D eigenvalue weighted by Crippen LogP contribution is -2.14. The third kappa shape index (κ3) is 2.20. The zero-order valence-corrected chi connectivity index (χ0v) is 11.4. The first-order chi connectivity index (χ1) is 10.8. The highest BCUT2D eigenvalue weighted by Gasteiger charge is 2.15. The number of carbonyl (C=O) groups excluding carboxylic acids is 1. The minimum absolute atomic E-state index is 0.197. The summed E-state index contributed by atoms with van der Waals surface area (Å²) in [4.78, 5) is 20.8. The van der Waals surface area contributed by atoms with Crippen LogP contribution in [0.25, 0.3) is 11.0 Å². The molecule has 0 bridgehead atoms. The third-order valence-electron chi connectivity index (χ3n) is 3.31. The maximum atomic E-state index is 12.3. The Balaban J connectivity index is 1.60. The van der Waals surface area contributed by atoms with Crippen LogP contribution in [0.3, 0.4) is 0 Å². The third-order valence-corrected chi connectivity index (χ3v) is 3.31. The second-order valence-corrected chi connectivity index (χ2v) is 4.77. The van der Waals surface area contributed by atoms with Gasteiger partial charge in [0.2, 0.25) is 6.79 Å². The number of nitrogens with one attached hydrogen (secondary N) is 1. The molecule has 22 heavy (non-hydrogen) atoms. The molecule has 0 aliphatic carbocycles. The van der Waals surface area contributed by atoms with E-state index in [0.29, 0.717) is 22.7 Å². The number of para-hydroxylation sites is 2. The number of benzene rings is 2. The molecule has 0 saturated heterocycles. The molecule has 1 aliphatic rings. The molecule has 108 valence electrons. The number of anilines is 1. The van der Waals surface area contributed by atoms with Gasteiger partial charge in [-0.15, -0.1) is 0 Å². The van der Waals surface area contributed by atoms with Gasteiger partial charge < -0.3 is 14.8 Å². The Hall–Kier alpha value is -3.15. The molecular weight excluding hydrogens is 282 g/mol. The Bertz CT molecular complexity index is 879. The molecule has 1 aromatic heterocycles. The summed E-state index contributed by atoms with van der Waals surface area (Å²) in [5.41, 5.74) is 2.31. The van der Waals surface area contributed by atoms with Crippen molar-refractivity contribution in [3.05, 3.63) is 54.4 Å². The summed E-state index contributed by atoms with van der Waals surface area (Å²) in [6.45, 7) is 0.197. The molecule has 2 heterocycles. The molecule has 1 N–H and O–H groups in total. The maximum absolute atomic E-state index is 12.3. The average molecular weight is 293 g/mol. The number of aromatic nitrogens is 2. The van der Waals surface area contributed by atoms with E-state index in [1.54, 1.807) is 18.2 Å². The highest BCUT2D eigenvalue weighted by Crippen LogP contribution is 2.34. The van der Waals surface area contributed by atoms with Crippen molar-refractivity contribution in [1.82, 2.24) is 9.97 Å². The Morgan fingerprint density at radius 2 is 1.86 bits per heavy atom. The van der Waals surface area contributed by atoms with Crippen LogP contribution in [0.1, 0.15) is 10.5 Å². The number of ether oxygens (including phenoxy) is 2. The number of nitrogens with zero attached hydrogens (tertiary/aromatic N) is 2. The van der Waals surface area contributed by atoms with E-state index in [1.807, 2.05) is 24.3 Å². The molecule has 0 unspecified atom stereocenters. The first-order valence-electron chi connectivity index (χ1n) is 6.72. The SMILES string of the molecule is O=C(Nc1ccc2c(c1)OCO2)c1cnc2ccccc2n1. The van der Waals surface area contributed by atoms with E-state index in [2.05, 4.69) is 15.3 Å². The molecule has 0 atom stereocenters. The first kappa shape index (κ1) is 12.6. The van der Waals surface area contributed by atoms with Gasteiger partial charge in [0.05, 0.1) is 17.2 Å². The fourth-order valence-corrected chi connectivity index (χ4v) is 2.24. The van der Waals surface area contributed by atoms with Crippen LogP contribution in [0.4, 0.5) is 5.69 Å². The van der Waals surface area contributed by atoms with E-state index < -0.39 is 0 Å². The normalized spacial score (nSPS) is 12.4. The summed E-state index contributed by atoms with van der Waals surface area (Å²) in [5.74, 6) is 0.961. The van der Waals surface area contributed by atoms with Gasteiger partial charge in [-0.1, -0.05) is 12.1 Å². The van der Waals surface area contributed by atoms with Crippen LogP contribution in [0.15, 0.2) is 48.7 Å². The lowest BCUT2D eigenvalue weighted by molar-refractivity contribution is 0.102. The van der Waals surface area contributed by atoms with Crippen LogP contribution in [0.5, 0.6) is 11.5 Å². The van der Waals surface area contributed by atoms with Crippen molar-refractivity contribution in [2.24, 2.45) is 0 Å². The zero-order valence-electron chi connectivity index (χ0n) is 11.4. The van der Waals surface area contributed by atoms with Crippen LogP contribution in [0.2, 0.25) is 0 Å². The maximum Gasteiger partial charge on any atom is 0.275 e. The van der Waals surface area contributed by atoms with Gasteiger partial charge in [0.15, 0.2) is 11.5 Å². The van der Waals surface area contributed by atoms with E-state index in [-0.39, 0.29) is 18.4 Å². The smallest absolute Gasteiger partial charge is 0.275 e. The van der Waals surface area contributed by atoms with Gasteiger partial charge in [-0.2, -0.15) is 0 Å². The van der Waals surface area contributed by atoms with Crippen molar-refractivity contribution < 1.29 is 14.3 Å². The average Bonchev–Trinajstić information content (AvgIpc) is 3.02. The molecule has 0 radical (unpaired) electrons. The highest BCUT2D eigenvalue weighted by atomic mass is 16.7. The van der Waals surface area contributed by atoms with Crippen LogP contribution in [-0.4, -0.2) is 22.7 Å². The minimum Gasteiger partial charge on any atom is -0.454 e. The summed E-state index contributed by atoms with van der Waals surface area (Å²) < 4.78 is 10.5.